The first-order valence-electron chi connectivity index (χ1n) is 15.8. The molecule has 224 valence electrons. The summed E-state index contributed by atoms with van der Waals surface area (Å²) in [5, 5.41) is 8.77. The van der Waals surface area contributed by atoms with Crippen LogP contribution in [0.5, 0.6) is 0 Å². The zero-order chi connectivity index (χ0) is 32.1. The minimum atomic E-state index is -1.22. The van der Waals surface area contributed by atoms with Crippen LogP contribution < -0.4 is 0 Å². The van der Waals surface area contributed by atoms with E-state index in [0.717, 1.165) is 0 Å². The Morgan fingerprint density at radius 2 is 0.977 bits per heavy atom. The van der Waals surface area contributed by atoms with Crippen LogP contribution in [0.25, 0.3) is 21.5 Å². The van der Waals surface area contributed by atoms with Gasteiger partial charge in [-0.05, 0) is 8.07 Å². The van der Waals surface area contributed by atoms with Crippen LogP contribution in [-0.4, -0.2) is 27.4 Å². The largest absolute Gasteiger partial charge is 0.126 e. The van der Waals surface area contributed by atoms with Gasteiger partial charge in [0.2, 0.25) is 0 Å². The molecule has 0 spiro atoms. The Bertz CT molecular complexity index is 1630. The Labute approximate surface area is 284 Å². The summed E-state index contributed by atoms with van der Waals surface area (Å²) in [7, 11) is -3.55. The van der Waals surface area contributed by atoms with Gasteiger partial charge in [0, 0.05) is 16.1 Å². The molecule has 6 rings (SSSR count). The molecule has 0 aliphatic heterocycles. The second-order valence-electron chi connectivity index (χ2n) is 14.9. The van der Waals surface area contributed by atoms with Gasteiger partial charge in [-0.3, -0.25) is 6.08 Å². The van der Waals surface area contributed by atoms with Crippen molar-refractivity contribution in [3.63, 3.8) is 0 Å². The summed E-state index contributed by atoms with van der Waals surface area (Å²) < 4.78 is 1.42. The molecule has 1 aliphatic carbocycles. The molecule has 0 nitrogen and oxygen atoms in total. The van der Waals surface area contributed by atoms with Gasteiger partial charge in [0.05, 0.1) is 0 Å². The van der Waals surface area contributed by atoms with Crippen molar-refractivity contribution in [2.75, 3.05) is 0 Å². The third-order valence-electron chi connectivity index (χ3n) is 8.04. The van der Waals surface area contributed by atoms with Gasteiger partial charge in [0.1, 0.15) is 0 Å². The molecule has 0 amide bonds. The predicted octanol–water partition coefficient (Wildman–Crippen LogP) is 11.6. The number of rotatable bonds is 5. The summed E-state index contributed by atoms with van der Waals surface area (Å²) in [6.07, 6.45) is 6.51. The Morgan fingerprint density at radius 1 is 0.568 bits per heavy atom. The van der Waals surface area contributed by atoms with Crippen molar-refractivity contribution in [3.05, 3.63) is 149 Å². The Kier molecular flexibility index (Phi) is 11.3. The van der Waals surface area contributed by atoms with Crippen molar-refractivity contribution < 1.29 is 24.2 Å². The molecule has 5 aromatic rings. The smallest absolute Gasteiger partial charge is 0.0771 e. The molecule has 44 heavy (non-hydrogen) atoms. The van der Waals surface area contributed by atoms with Gasteiger partial charge in [-0.15, -0.1) is 45.3 Å². The van der Waals surface area contributed by atoms with Crippen LogP contribution in [-0.2, 0) is 24.2 Å². The van der Waals surface area contributed by atoms with E-state index in [1.807, 2.05) is 0 Å². The van der Waals surface area contributed by atoms with Gasteiger partial charge < -0.3 is 0 Å². The van der Waals surface area contributed by atoms with E-state index in [2.05, 4.69) is 186 Å². The number of hydrogen-bond donors (Lipinski definition) is 0. The average Bonchev–Trinajstić information content (AvgIpc) is 3.62. The molecule has 0 fully saturated rings. The van der Waals surface area contributed by atoms with Gasteiger partial charge in [-0.2, -0.15) is 6.08 Å². The summed E-state index contributed by atoms with van der Waals surface area (Å²) in [5.74, 6) is 0. The van der Waals surface area contributed by atoms with Crippen molar-refractivity contribution in [2.24, 2.45) is 0 Å². The van der Waals surface area contributed by atoms with Gasteiger partial charge in [0.15, 0.2) is 0 Å². The van der Waals surface area contributed by atoms with Gasteiger partial charge in [-0.25, -0.2) is 10.4 Å². The topological polar surface area (TPSA) is 0 Å². The Hall–Kier alpha value is -2.37. The molecule has 1 unspecified atom stereocenters. The number of allylic oxidation sites excluding steroid dienone is 4. The summed E-state index contributed by atoms with van der Waals surface area (Å²) in [5.41, 5.74) is 3.32. The van der Waals surface area contributed by atoms with E-state index < -0.39 is 24.2 Å². The summed E-state index contributed by atoms with van der Waals surface area (Å²) in [6, 6.07) is 40.4. The zero-order valence-corrected chi connectivity index (χ0v) is 33.6. The molecule has 1 aliphatic rings. The number of fused-ring (bicyclic) bond motifs is 3. The molecule has 0 radical (unpaired) electrons. The summed E-state index contributed by atoms with van der Waals surface area (Å²) in [6.45, 7) is 22.2. The first-order valence-corrected chi connectivity index (χ1v) is 27.6. The quantitative estimate of drug-likeness (QED) is 0.126. The second-order valence-corrected chi connectivity index (χ2v) is 31.5. The fraction of sp³-hybridized carbons (Fsp3) is 0.250. The van der Waals surface area contributed by atoms with Crippen molar-refractivity contribution in [1.82, 2.24) is 0 Å². The molecule has 1 atom stereocenters. The maximum atomic E-state index is 3.91. The number of benzene rings is 4. The van der Waals surface area contributed by atoms with Gasteiger partial charge in [-0.1, -0.05) is 95.3 Å². The molecule has 0 N–H and O–H groups in total. The van der Waals surface area contributed by atoms with E-state index in [4.69, 9.17) is 0 Å². The van der Waals surface area contributed by atoms with Crippen molar-refractivity contribution in [2.45, 2.75) is 64.5 Å². The molecule has 0 saturated heterocycles. The molecule has 0 aromatic heterocycles. The third-order valence-corrected chi connectivity index (χ3v) is 15.8. The monoisotopic (exact) mass is 702 g/mol. The first kappa shape index (κ1) is 34.5. The first-order chi connectivity index (χ1) is 20.7. The molecular formula is C40H48Si3Zr. The van der Waals surface area contributed by atoms with Crippen molar-refractivity contribution in [3.8, 4) is 0 Å². The van der Waals surface area contributed by atoms with E-state index in [0.29, 0.717) is 5.54 Å². The summed E-state index contributed by atoms with van der Waals surface area (Å²) >= 11 is 1.46. The third kappa shape index (κ3) is 8.88. The number of hydrogen-bond acceptors (Lipinski definition) is 0. The van der Waals surface area contributed by atoms with Crippen molar-refractivity contribution >= 4 is 49.0 Å². The SMILES string of the molecule is C[Si](C)(C)C1=[C-]C([Si](C)(C)C)C=C1[Si](C)(C)C.[Zr+2]=[C](c1ccccc1)c1ccccc1.c1ccc2c(c1)[cH-]c1ccccc12. The van der Waals surface area contributed by atoms with Crippen LogP contribution in [0, 0.1) is 6.08 Å². The molecule has 0 heterocycles. The van der Waals surface area contributed by atoms with Crippen LogP contribution in [0.2, 0.25) is 64.5 Å². The molecule has 0 bridgehead atoms. The van der Waals surface area contributed by atoms with E-state index in [1.165, 1.54) is 60.1 Å². The molecule has 4 heteroatoms. The maximum Gasteiger partial charge on any atom is -0.0771 e. The summed E-state index contributed by atoms with van der Waals surface area (Å²) in [4.78, 5) is 0. The van der Waals surface area contributed by atoms with Crippen LogP contribution >= 0.6 is 0 Å². The van der Waals surface area contributed by atoms with Crippen LogP contribution in [0.3, 0.4) is 0 Å². The van der Waals surface area contributed by atoms with Crippen LogP contribution in [0.4, 0.5) is 0 Å². The fourth-order valence-electron chi connectivity index (χ4n) is 5.52. The van der Waals surface area contributed by atoms with Crippen LogP contribution in [0.1, 0.15) is 11.1 Å². The Balaban J connectivity index is 0.000000152. The average molecular weight is 704 g/mol. The fourth-order valence-corrected chi connectivity index (χ4v) is 13.1. The Morgan fingerprint density at radius 3 is 1.34 bits per heavy atom. The molecular weight excluding hydrogens is 656 g/mol. The van der Waals surface area contributed by atoms with E-state index >= 15 is 0 Å². The standard InChI is InChI=1S/C14H29Si3.C13H9.C13H10.Zr/c1-15(2,3)12-10-13(16(4,5)6)14(11-12)17(7,8)9;1-3-7-12-10(5-1)9-11-6-2-4-8-13(11)12;1-3-7-12(8-4-1)11-13-9-5-2-6-10-13;/h10,12H,1-9H3;1-9H;1-10H;/q2*-1;;+2. The van der Waals surface area contributed by atoms with E-state index in [9.17, 15) is 0 Å². The van der Waals surface area contributed by atoms with Crippen molar-refractivity contribution in [1.29, 1.82) is 0 Å². The minimum absolute atomic E-state index is 0.658. The zero-order valence-electron chi connectivity index (χ0n) is 28.1. The normalized spacial score (nSPS) is 15.1. The van der Waals surface area contributed by atoms with E-state index in [1.54, 1.807) is 10.4 Å². The predicted molar refractivity (Wildman–Crippen MR) is 202 cm³/mol. The van der Waals surface area contributed by atoms with Crippen LogP contribution in [0.15, 0.2) is 132 Å². The maximum absolute atomic E-state index is 3.91. The molecule has 0 saturated carbocycles. The second kappa shape index (κ2) is 14.4. The molecule has 5 aromatic carbocycles. The van der Waals surface area contributed by atoms with Gasteiger partial charge in [0.25, 0.3) is 0 Å². The minimum Gasteiger partial charge on any atom is -0.126 e. The van der Waals surface area contributed by atoms with Gasteiger partial charge >= 0.3 is 99.2 Å². The van der Waals surface area contributed by atoms with E-state index in [-0.39, 0.29) is 0 Å².